The number of aryl methyl sites for hydroxylation is 1. The molecular formula is C14H19N3O4. The van der Waals surface area contributed by atoms with Gasteiger partial charge in [-0.15, -0.1) is 0 Å². The Morgan fingerprint density at radius 3 is 3.05 bits per heavy atom. The normalized spacial score (nSPS) is 12.5. The molecule has 2 rings (SSSR count). The van der Waals surface area contributed by atoms with E-state index in [1.54, 1.807) is 6.92 Å². The Morgan fingerprint density at radius 1 is 1.57 bits per heavy atom. The number of H-pyrrole nitrogens is 1. The van der Waals surface area contributed by atoms with E-state index in [0.717, 1.165) is 12.8 Å². The van der Waals surface area contributed by atoms with Crippen molar-refractivity contribution in [2.75, 3.05) is 13.2 Å². The summed E-state index contributed by atoms with van der Waals surface area (Å²) in [5, 5.41) is 11.9. The van der Waals surface area contributed by atoms with Gasteiger partial charge in [0.1, 0.15) is 11.1 Å². The maximum atomic E-state index is 12.2. The largest absolute Gasteiger partial charge is 0.442 e. The molecular weight excluding hydrogens is 274 g/mol. The molecule has 0 aliphatic rings. The number of carbonyl (C=O) groups excluding carboxylic acids is 1. The summed E-state index contributed by atoms with van der Waals surface area (Å²) in [7, 11) is 0. The van der Waals surface area contributed by atoms with E-state index < -0.39 is 5.56 Å². The Kier molecular flexibility index (Phi) is 4.74. The minimum atomic E-state index is -0.393. The monoisotopic (exact) mass is 293 g/mol. The first-order valence-electron chi connectivity index (χ1n) is 6.90. The summed E-state index contributed by atoms with van der Waals surface area (Å²) in [6, 6.07) is 0. The standard InChI is InChI=1S/C14H19N3O4/c1-8(6-18)4-3-5-15-12(19)10-9(2)21-14-11(10)13(20)16-7-17-14/h7-8,18H,3-6H2,1-2H3,(H,15,19)(H,16,17,20). The van der Waals surface area contributed by atoms with Gasteiger partial charge in [0.05, 0.1) is 11.9 Å². The van der Waals surface area contributed by atoms with Crippen molar-refractivity contribution in [3.63, 3.8) is 0 Å². The highest BCUT2D eigenvalue weighted by Gasteiger charge is 2.21. The zero-order chi connectivity index (χ0) is 15.4. The zero-order valence-corrected chi connectivity index (χ0v) is 12.1. The van der Waals surface area contributed by atoms with Gasteiger partial charge in [0.2, 0.25) is 5.71 Å². The van der Waals surface area contributed by atoms with E-state index in [1.807, 2.05) is 6.92 Å². The van der Waals surface area contributed by atoms with Crippen molar-refractivity contribution in [2.45, 2.75) is 26.7 Å². The molecule has 0 aliphatic heterocycles. The van der Waals surface area contributed by atoms with Gasteiger partial charge in [-0.05, 0) is 25.7 Å². The van der Waals surface area contributed by atoms with Crippen LogP contribution in [0.1, 0.15) is 35.9 Å². The third-order valence-corrected chi connectivity index (χ3v) is 3.37. The number of aromatic nitrogens is 2. The van der Waals surface area contributed by atoms with Gasteiger partial charge >= 0.3 is 0 Å². The lowest BCUT2D eigenvalue weighted by molar-refractivity contribution is 0.0952. The fourth-order valence-corrected chi connectivity index (χ4v) is 2.16. The van der Waals surface area contributed by atoms with Gasteiger partial charge in [0.25, 0.3) is 11.5 Å². The van der Waals surface area contributed by atoms with E-state index in [9.17, 15) is 9.59 Å². The second-order valence-corrected chi connectivity index (χ2v) is 5.13. The van der Waals surface area contributed by atoms with Crippen molar-refractivity contribution in [3.8, 4) is 0 Å². The van der Waals surface area contributed by atoms with Crippen molar-refractivity contribution in [1.82, 2.24) is 15.3 Å². The van der Waals surface area contributed by atoms with E-state index in [-0.39, 0.29) is 35.1 Å². The second-order valence-electron chi connectivity index (χ2n) is 5.13. The molecule has 1 amide bonds. The maximum absolute atomic E-state index is 12.2. The predicted molar refractivity (Wildman–Crippen MR) is 77.2 cm³/mol. The zero-order valence-electron chi connectivity index (χ0n) is 12.1. The smallest absolute Gasteiger partial charge is 0.262 e. The molecule has 0 spiro atoms. The van der Waals surface area contributed by atoms with E-state index in [0.29, 0.717) is 12.3 Å². The molecule has 1 atom stereocenters. The van der Waals surface area contributed by atoms with Crippen LogP contribution in [0.25, 0.3) is 11.1 Å². The average molecular weight is 293 g/mol. The summed E-state index contributed by atoms with van der Waals surface area (Å²) in [6.45, 7) is 4.19. The molecule has 7 heteroatoms. The third kappa shape index (κ3) is 3.30. The van der Waals surface area contributed by atoms with Crippen LogP contribution in [-0.4, -0.2) is 34.1 Å². The van der Waals surface area contributed by atoms with Crippen LogP contribution >= 0.6 is 0 Å². The van der Waals surface area contributed by atoms with Crippen LogP contribution in [0.4, 0.5) is 0 Å². The van der Waals surface area contributed by atoms with Crippen LogP contribution < -0.4 is 10.9 Å². The minimum Gasteiger partial charge on any atom is -0.442 e. The first-order valence-corrected chi connectivity index (χ1v) is 6.90. The van der Waals surface area contributed by atoms with Crippen LogP contribution in [-0.2, 0) is 0 Å². The van der Waals surface area contributed by atoms with Gasteiger partial charge in [-0.1, -0.05) is 6.92 Å². The maximum Gasteiger partial charge on any atom is 0.262 e. The summed E-state index contributed by atoms with van der Waals surface area (Å²) in [6.07, 6.45) is 2.83. The van der Waals surface area contributed by atoms with Gasteiger partial charge < -0.3 is 19.8 Å². The summed E-state index contributed by atoms with van der Waals surface area (Å²) in [5.74, 6) is 0.238. The lowest BCUT2D eigenvalue weighted by atomic mass is 10.1. The average Bonchev–Trinajstić information content (AvgIpc) is 2.80. The number of nitrogens with one attached hydrogen (secondary N) is 2. The van der Waals surface area contributed by atoms with Crippen molar-refractivity contribution in [2.24, 2.45) is 5.92 Å². The molecule has 7 nitrogen and oxygen atoms in total. The number of furan rings is 1. The van der Waals surface area contributed by atoms with Crippen molar-refractivity contribution < 1.29 is 14.3 Å². The van der Waals surface area contributed by atoms with E-state index in [2.05, 4.69) is 15.3 Å². The first kappa shape index (κ1) is 15.2. The number of amides is 1. The Labute approximate surface area is 121 Å². The van der Waals surface area contributed by atoms with Crippen molar-refractivity contribution in [3.05, 3.63) is 28.0 Å². The highest BCUT2D eigenvalue weighted by Crippen LogP contribution is 2.20. The molecule has 114 valence electrons. The van der Waals surface area contributed by atoms with Crippen LogP contribution in [0.5, 0.6) is 0 Å². The van der Waals surface area contributed by atoms with Gasteiger partial charge in [0.15, 0.2) is 0 Å². The molecule has 2 aromatic rings. The summed E-state index contributed by atoms with van der Waals surface area (Å²) >= 11 is 0. The van der Waals surface area contributed by atoms with Gasteiger partial charge in [0, 0.05) is 13.2 Å². The highest BCUT2D eigenvalue weighted by molar-refractivity contribution is 6.06. The molecule has 1 unspecified atom stereocenters. The predicted octanol–water partition coefficient (Wildman–Crippen LogP) is 0.963. The number of nitrogens with zero attached hydrogens (tertiary/aromatic N) is 1. The minimum absolute atomic E-state index is 0.139. The molecule has 0 saturated carbocycles. The molecule has 2 aromatic heterocycles. The van der Waals surface area contributed by atoms with Crippen LogP contribution in [0.2, 0.25) is 0 Å². The van der Waals surface area contributed by atoms with Crippen molar-refractivity contribution in [1.29, 1.82) is 0 Å². The Balaban J connectivity index is 2.10. The quantitative estimate of drug-likeness (QED) is 0.687. The molecule has 0 radical (unpaired) electrons. The number of aliphatic hydroxyl groups is 1. The summed E-state index contributed by atoms with van der Waals surface area (Å²) in [5.41, 5.74) is 0.000706. The molecule has 2 heterocycles. The van der Waals surface area contributed by atoms with E-state index in [1.165, 1.54) is 6.33 Å². The lowest BCUT2D eigenvalue weighted by Gasteiger charge is -2.08. The number of aromatic amines is 1. The second kappa shape index (κ2) is 6.53. The number of fused-ring (bicyclic) bond motifs is 1. The van der Waals surface area contributed by atoms with Crippen molar-refractivity contribution >= 4 is 17.0 Å². The fraction of sp³-hybridized carbons (Fsp3) is 0.500. The number of rotatable bonds is 6. The number of hydrogen-bond acceptors (Lipinski definition) is 5. The molecule has 0 aliphatic carbocycles. The Bertz CT molecular complexity index is 689. The Morgan fingerprint density at radius 2 is 2.33 bits per heavy atom. The van der Waals surface area contributed by atoms with Crippen LogP contribution in [0.15, 0.2) is 15.5 Å². The van der Waals surface area contributed by atoms with Gasteiger partial charge in [-0.2, -0.15) is 0 Å². The number of aliphatic hydroxyl groups excluding tert-OH is 1. The number of carbonyl (C=O) groups is 1. The topological polar surface area (TPSA) is 108 Å². The van der Waals surface area contributed by atoms with Crippen LogP contribution in [0, 0.1) is 12.8 Å². The molecule has 0 saturated heterocycles. The molecule has 3 N–H and O–H groups in total. The first-order chi connectivity index (χ1) is 10.0. The summed E-state index contributed by atoms with van der Waals surface area (Å²) in [4.78, 5) is 30.4. The van der Waals surface area contributed by atoms with Crippen LogP contribution in [0.3, 0.4) is 0 Å². The number of hydrogen-bond donors (Lipinski definition) is 3. The van der Waals surface area contributed by atoms with E-state index in [4.69, 9.17) is 9.52 Å². The fourth-order valence-electron chi connectivity index (χ4n) is 2.16. The van der Waals surface area contributed by atoms with E-state index >= 15 is 0 Å². The third-order valence-electron chi connectivity index (χ3n) is 3.37. The molecule has 0 aromatic carbocycles. The SMILES string of the molecule is Cc1oc2nc[nH]c(=O)c2c1C(=O)NCCCC(C)CO. The van der Waals surface area contributed by atoms with Gasteiger partial charge in [-0.3, -0.25) is 9.59 Å². The highest BCUT2D eigenvalue weighted by atomic mass is 16.3. The molecule has 21 heavy (non-hydrogen) atoms. The molecule has 0 bridgehead atoms. The lowest BCUT2D eigenvalue weighted by Crippen LogP contribution is -2.26. The molecule has 0 fully saturated rings. The van der Waals surface area contributed by atoms with Gasteiger partial charge in [-0.25, -0.2) is 4.98 Å². The summed E-state index contributed by atoms with van der Waals surface area (Å²) < 4.78 is 5.34. The Hall–Kier alpha value is -2.15.